The second-order valence-electron chi connectivity index (χ2n) is 13.8. The SMILES string of the molecule is c1ccc(-c2ccc3cc(-n4c5ccccc5c5c4ccc4c6ccccc6n(-c6ccc(-c7ccc8ccccc8c7)cc6)c45)ccc3c2)cc1. The molecule has 0 aliphatic heterocycles. The highest BCUT2D eigenvalue weighted by atomic mass is 15.0. The fraction of sp³-hybridized carbons (Fsp3) is 0. The zero-order chi connectivity index (χ0) is 34.2. The maximum Gasteiger partial charge on any atom is 0.0641 e. The van der Waals surface area contributed by atoms with Crippen LogP contribution in [-0.2, 0) is 0 Å². The lowest BCUT2D eigenvalue weighted by Crippen LogP contribution is -1.95. The number of nitrogens with zero attached hydrogens (tertiary/aromatic N) is 2. The van der Waals surface area contributed by atoms with Crippen molar-refractivity contribution in [3.8, 4) is 33.6 Å². The van der Waals surface area contributed by atoms with Gasteiger partial charge in [0, 0.05) is 32.9 Å². The van der Waals surface area contributed by atoms with Gasteiger partial charge >= 0.3 is 0 Å². The summed E-state index contributed by atoms with van der Waals surface area (Å²) in [6.45, 7) is 0. The van der Waals surface area contributed by atoms with Crippen LogP contribution in [0.5, 0.6) is 0 Å². The van der Waals surface area contributed by atoms with Crippen molar-refractivity contribution in [2.24, 2.45) is 0 Å². The number of hydrogen-bond acceptors (Lipinski definition) is 0. The van der Waals surface area contributed by atoms with Gasteiger partial charge in [0.2, 0.25) is 0 Å². The molecule has 242 valence electrons. The lowest BCUT2D eigenvalue weighted by Gasteiger charge is -2.12. The van der Waals surface area contributed by atoms with E-state index in [-0.39, 0.29) is 0 Å². The van der Waals surface area contributed by atoms with Gasteiger partial charge in [-0.25, -0.2) is 0 Å². The van der Waals surface area contributed by atoms with Crippen LogP contribution in [0.1, 0.15) is 0 Å². The Morgan fingerprint density at radius 1 is 0.269 bits per heavy atom. The molecule has 0 aliphatic carbocycles. The summed E-state index contributed by atoms with van der Waals surface area (Å²) in [5, 5.41) is 10.0. The predicted octanol–water partition coefficient (Wildman–Crippen LogP) is 13.5. The van der Waals surface area contributed by atoms with Crippen LogP contribution in [0.15, 0.2) is 194 Å². The van der Waals surface area contributed by atoms with E-state index in [1.807, 2.05) is 0 Å². The second-order valence-corrected chi connectivity index (χ2v) is 13.8. The molecule has 0 N–H and O–H groups in total. The Labute approximate surface area is 301 Å². The van der Waals surface area contributed by atoms with E-state index >= 15 is 0 Å². The molecule has 0 bridgehead atoms. The number of benzene rings is 9. The number of rotatable bonds is 4. The molecule has 0 aliphatic rings. The van der Waals surface area contributed by atoms with Gasteiger partial charge in [0.05, 0.1) is 22.1 Å². The molecule has 0 radical (unpaired) electrons. The maximum atomic E-state index is 2.47. The average molecular weight is 661 g/mol. The van der Waals surface area contributed by atoms with E-state index in [9.17, 15) is 0 Å². The molecule has 52 heavy (non-hydrogen) atoms. The standard InChI is InChI=1S/C50H32N2/c1-2-10-33(11-3-1)37-20-21-40-32-42(27-24-39(40)31-37)51-47-17-9-7-15-45(47)49-48(51)29-28-44-43-14-6-8-16-46(43)52(50(44)49)41-25-22-35(23-26-41)38-19-18-34-12-4-5-13-36(34)30-38/h1-32H. The minimum absolute atomic E-state index is 1.15. The molecule has 2 nitrogen and oxygen atoms in total. The van der Waals surface area contributed by atoms with Crippen molar-refractivity contribution in [3.05, 3.63) is 194 Å². The summed E-state index contributed by atoms with van der Waals surface area (Å²) < 4.78 is 4.92. The van der Waals surface area contributed by atoms with Crippen LogP contribution in [0, 0.1) is 0 Å². The highest BCUT2D eigenvalue weighted by Crippen LogP contribution is 2.42. The first-order valence-electron chi connectivity index (χ1n) is 17.9. The fourth-order valence-corrected chi connectivity index (χ4v) is 8.41. The number of hydrogen-bond donors (Lipinski definition) is 0. The minimum Gasteiger partial charge on any atom is -0.309 e. The quantitative estimate of drug-likeness (QED) is 0.178. The Kier molecular flexibility index (Phi) is 6.28. The van der Waals surface area contributed by atoms with Gasteiger partial charge in [-0.05, 0) is 98.4 Å². The van der Waals surface area contributed by atoms with Crippen LogP contribution in [0.25, 0.3) is 98.8 Å². The monoisotopic (exact) mass is 660 g/mol. The van der Waals surface area contributed by atoms with Gasteiger partial charge in [0.1, 0.15) is 0 Å². The van der Waals surface area contributed by atoms with Gasteiger partial charge < -0.3 is 9.13 Å². The summed E-state index contributed by atoms with van der Waals surface area (Å²) >= 11 is 0. The molecule has 2 aromatic heterocycles. The third-order valence-corrected chi connectivity index (χ3v) is 10.9. The summed E-state index contributed by atoms with van der Waals surface area (Å²) in [5.74, 6) is 0. The van der Waals surface area contributed by atoms with Crippen molar-refractivity contribution in [1.29, 1.82) is 0 Å². The Morgan fingerprint density at radius 2 is 0.808 bits per heavy atom. The van der Waals surface area contributed by atoms with Crippen LogP contribution in [0.3, 0.4) is 0 Å². The first kappa shape index (κ1) is 28.9. The average Bonchev–Trinajstić information content (AvgIpc) is 3.74. The molecule has 0 saturated heterocycles. The van der Waals surface area contributed by atoms with Crippen molar-refractivity contribution in [2.45, 2.75) is 0 Å². The summed E-state index contributed by atoms with van der Waals surface area (Å²) in [5.41, 5.74) is 12.1. The van der Waals surface area contributed by atoms with Crippen LogP contribution in [-0.4, -0.2) is 9.13 Å². The minimum atomic E-state index is 1.15. The Bertz CT molecular complexity index is 3160. The molecular formula is C50H32N2. The molecule has 0 unspecified atom stereocenters. The molecule has 2 heteroatoms. The molecule has 0 saturated carbocycles. The van der Waals surface area contributed by atoms with Crippen molar-refractivity contribution in [3.63, 3.8) is 0 Å². The number of fused-ring (bicyclic) bond motifs is 9. The molecular weight excluding hydrogens is 629 g/mol. The van der Waals surface area contributed by atoms with Gasteiger partial charge in [0.25, 0.3) is 0 Å². The van der Waals surface area contributed by atoms with E-state index in [4.69, 9.17) is 0 Å². The Balaban J connectivity index is 1.12. The molecule has 0 spiro atoms. The molecule has 0 fully saturated rings. The third-order valence-electron chi connectivity index (χ3n) is 10.9. The lowest BCUT2D eigenvalue weighted by atomic mass is 10.0. The Morgan fingerprint density at radius 3 is 1.60 bits per heavy atom. The van der Waals surface area contributed by atoms with E-state index in [0.29, 0.717) is 0 Å². The molecule has 9 aromatic carbocycles. The van der Waals surface area contributed by atoms with Gasteiger partial charge in [-0.1, -0.05) is 140 Å². The Hall–Kier alpha value is -6.90. The van der Waals surface area contributed by atoms with Crippen molar-refractivity contribution in [2.75, 3.05) is 0 Å². The fourth-order valence-electron chi connectivity index (χ4n) is 8.41. The summed E-state index contributed by atoms with van der Waals surface area (Å²) in [6.07, 6.45) is 0. The maximum absolute atomic E-state index is 2.47. The van der Waals surface area contributed by atoms with Gasteiger partial charge in [-0.15, -0.1) is 0 Å². The van der Waals surface area contributed by atoms with Crippen molar-refractivity contribution in [1.82, 2.24) is 9.13 Å². The zero-order valence-corrected chi connectivity index (χ0v) is 28.4. The zero-order valence-electron chi connectivity index (χ0n) is 28.4. The second kappa shape index (κ2) is 11.3. The van der Waals surface area contributed by atoms with Gasteiger partial charge in [0.15, 0.2) is 0 Å². The molecule has 2 heterocycles. The van der Waals surface area contributed by atoms with Crippen molar-refractivity contribution >= 4 is 65.2 Å². The smallest absolute Gasteiger partial charge is 0.0641 e. The van der Waals surface area contributed by atoms with E-state index in [1.165, 1.54) is 87.4 Å². The first-order chi connectivity index (χ1) is 25.8. The highest BCUT2D eigenvalue weighted by molar-refractivity contribution is 6.26. The largest absolute Gasteiger partial charge is 0.309 e. The van der Waals surface area contributed by atoms with Gasteiger partial charge in [-0.3, -0.25) is 0 Å². The predicted molar refractivity (Wildman–Crippen MR) is 221 cm³/mol. The molecule has 0 atom stereocenters. The van der Waals surface area contributed by atoms with Crippen LogP contribution < -0.4 is 0 Å². The van der Waals surface area contributed by atoms with E-state index in [0.717, 1.165) is 11.4 Å². The van der Waals surface area contributed by atoms with Crippen LogP contribution >= 0.6 is 0 Å². The van der Waals surface area contributed by atoms with Crippen molar-refractivity contribution < 1.29 is 0 Å². The number of aromatic nitrogens is 2. The lowest BCUT2D eigenvalue weighted by molar-refractivity contribution is 1.18. The third kappa shape index (κ3) is 4.38. The number of para-hydroxylation sites is 2. The van der Waals surface area contributed by atoms with Crippen LogP contribution in [0.2, 0.25) is 0 Å². The summed E-state index contributed by atoms with van der Waals surface area (Å²) in [6, 6.07) is 71.0. The molecule has 0 amide bonds. The van der Waals surface area contributed by atoms with E-state index < -0.39 is 0 Å². The van der Waals surface area contributed by atoms with E-state index in [1.54, 1.807) is 0 Å². The van der Waals surface area contributed by atoms with Crippen LogP contribution in [0.4, 0.5) is 0 Å². The topological polar surface area (TPSA) is 9.86 Å². The van der Waals surface area contributed by atoms with Gasteiger partial charge in [-0.2, -0.15) is 0 Å². The molecule has 11 aromatic rings. The summed E-state index contributed by atoms with van der Waals surface area (Å²) in [4.78, 5) is 0. The summed E-state index contributed by atoms with van der Waals surface area (Å²) in [7, 11) is 0. The van der Waals surface area contributed by atoms with E-state index in [2.05, 4.69) is 203 Å². The normalized spacial score (nSPS) is 11.8. The highest BCUT2D eigenvalue weighted by Gasteiger charge is 2.21. The molecule has 11 rings (SSSR count). The first-order valence-corrected chi connectivity index (χ1v) is 17.9.